The molecule has 0 unspecified atom stereocenters. The first-order chi connectivity index (χ1) is 11.4. The van der Waals surface area contributed by atoms with Gasteiger partial charge in [0.15, 0.2) is 6.33 Å². The Morgan fingerprint density at radius 1 is 1.21 bits per heavy atom. The van der Waals surface area contributed by atoms with Crippen molar-refractivity contribution >= 4 is 17.8 Å². The van der Waals surface area contributed by atoms with Crippen molar-refractivity contribution in [2.24, 2.45) is 0 Å². The minimum atomic E-state index is -1.08. The number of hydrogen-bond donors (Lipinski definition) is 2. The Morgan fingerprint density at radius 3 is 2.29 bits per heavy atom. The third-order valence-electron chi connectivity index (χ3n) is 3.19. The van der Waals surface area contributed by atoms with Gasteiger partial charge in [0.1, 0.15) is 12.7 Å². The van der Waals surface area contributed by atoms with Crippen molar-refractivity contribution in [3.05, 3.63) is 22.6 Å². The summed E-state index contributed by atoms with van der Waals surface area (Å²) >= 11 is 0. The van der Waals surface area contributed by atoms with Gasteiger partial charge < -0.3 is 25.1 Å². The Kier molecular flexibility index (Phi) is 8.36. The number of morpholine rings is 1. The van der Waals surface area contributed by atoms with Crippen LogP contribution in [0.25, 0.3) is 0 Å². The molecular formula is C13H20N4O7. The van der Waals surface area contributed by atoms with Gasteiger partial charge in [-0.05, 0) is 4.92 Å². The molecule has 0 aromatic carbocycles. The van der Waals surface area contributed by atoms with Gasteiger partial charge in [-0.15, -0.1) is 0 Å². The Morgan fingerprint density at radius 2 is 1.79 bits per heavy atom. The number of imidazole rings is 1. The molecule has 2 N–H and O–H groups in total. The zero-order chi connectivity index (χ0) is 17.9. The lowest BCUT2D eigenvalue weighted by Gasteiger charge is -2.25. The zero-order valence-corrected chi connectivity index (χ0v) is 13.0. The summed E-state index contributed by atoms with van der Waals surface area (Å²) in [6.07, 6.45) is 2.18. The highest BCUT2D eigenvalue weighted by atomic mass is 16.6. The second-order valence-electron chi connectivity index (χ2n) is 4.94. The highest BCUT2D eigenvalue weighted by Crippen LogP contribution is 2.09. The molecule has 134 valence electrons. The molecule has 1 saturated heterocycles. The SMILES string of the molecule is O=C(O)CCC(=O)O.O=[N+]([O-])c1cncn1CCN1CCOCC1. The summed E-state index contributed by atoms with van der Waals surface area (Å²) in [6, 6.07) is 0. The van der Waals surface area contributed by atoms with Crippen LogP contribution in [0.15, 0.2) is 12.5 Å². The quantitative estimate of drug-likeness (QED) is 0.517. The van der Waals surface area contributed by atoms with Crippen LogP contribution in [-0.2, 0) is 20.9 Å². The number of aliphatic carboxylic acids is 2. The first-order valence-electron chi connectivity index (χ1n) is 7.28. The van der Waals surface area contributed by atoms with E-state index in [0.29, 0.717) is 6.54 Å². The van der Waals surface area contributed by atoms with Gasteiger partial charge in [-0.25, -0.2) is 9.55 Å². The molecule has 1 aromatic rings. The number of hydrogen-bond acceptors (Lipinski definition) is 7. The average Bonchev–Trinajstić information content (AvgIpc) is 3.01. The minimum absolute atomic E-state index is 0.0493. The zero-order valence-electron chi connectivity index (χ0n) is 13.0. The van der Waals surface area contributed by atoms with Crippen LogP contribution < -0.4 is 0 Å². The predicted octanol–water partition coefficient (Wildman–Crippen LogP) is 0.0593. The highest BCUT2D eigenvalue weighted by Gasteiger charge is 2.15. The number of nitro groups is 1. The molecule has 0 spiro atoms. The molecule has 0 atom stereocenters. The van der Waals surface area contributed by atoms with Crippen LogP contribution in [0.2, 0.25) is 0 Å². The topological polar surface area (TPSA) is 148 Å². The van der Waals surface area contributed by atoms with Crippen molar-refractivity contribution in [1.29, 1.82) is 0 Å². The number of carbonyl (C=O) groups is 2. The number of aromatic nitrogens is 2. The van der Waals surface area contributed by atoms with E-state index in [1.807, 2.05) is 0 Å². The van der Waals surface area contributed by atoms with Crippen molar-refractivity contribution in [1.82, 2.24) is 14.5 Å². The summed E-state index contributed by atoms with van der Waals surface area (Å²) in [4.78, 5) is 35.5. The molecule has 0 bridgehead atoms. The smallest absolute Gasteiger partial charge is 0.342 e. The molecule has 11 nitrogen and oxygen atoms in total. The fourth-order valence-electron chi connectivity index (χ4n) is 1.93. The molecule has 1 fully saturated rings. The summed E-state index contributed by atoms with van der Waals surface area (Å²) in [5, 5.41) is 26.4. The van der Waals surface area contributed by atoms with E-state index in [4.69, 9.17) is 14.9 Å². The van der Waals surface area contributed by atoms with Crippen LogP contribution >= 0.6 is 0 Å². The number of nitrogens with zero attached hydrogens (tertiary/aromatic N) is 4. The molecule has 0 amide bonds. The van der Waals surface area contributed by atoms with E-state index < -0.39 is 16.9 Å². The van der Waals surface area contributed by atoms with Crippen LogP contribution in [0.3, 0.4) is 0 Å². The number of rotatable bonds is 7. The Bertz CT molecular complexity index is 540. The van der Waals surface area contributed by atoms with Crippen LogP contribution in [-0.4, -0.2) is 74.4 Å². The second kappa shape index (κ2) is 10.3. The molecule has 24 heavy (non-hydrogen) atoms. The standard InChI is InChI=1S/C9H14N4O3.C4H6O4/c14-13(15)9-7-10-8-12(9)2-1-11-3-5-16-6-4-11;5-3(6)1-2-4(7)8/h7-8H,1-6H2;1-2H2,(H,5,6)(H,7,8). The minimum Gasteiger partial charge on any atom is -0.481 e. The lowest BCUT2D eigenvalue weighted by Crippen LogP contribution is -2.38. The summed E-state index contributed by atoms with van der Waals surface area (Å²) < 4.78 is 6.79. The molecule has 1 aliphatic rings. The van der Waals surface area contributed by atoms with Gasteiger partial charge in [-0.3, -0.25) is 14.5 Å². The highest BCUT2D eigenvalue weighted by molar-refractivity contribution is 5.75. The molecule has 0 aliphatic carbocycles. The van der Waals surface area contributed by atoms with Gasteiger partial charge in [0.05, 0.1) is 26.1 Å². The lowest BCUT2D eigenvalue weighted by molar-refractivity contribution is -0.392. The van der Waals surface area contributed by atoms with Crippen molar-refractivity contribution in [3.63, 3.8) is 0 Å². The van der Waals surface area contributed by atoms with Crippen LogP contribution in [0.5, 0.6) is 0 Å². The molecule has 11 heteroatoms. The lowest BCUT2D eigenvalue weighted by atomic mass is 10.3. The summed E-state index contributed by atoms with van der Waals surface area (Å²) in [7, 11) is 0. The first-order valence-corrected chi connectivity index (χ1v) is 7.28. The van der Waals surface area contributed by atoms with E-state index in [0.717, 1.165) is 32.8 Å². The van der Waals surface area contributed by atoms with Crippen LogP contribution in [0.4, 0.5) is 5.82 Å². The van der Waals surface area contributed by atoms with E-state index in [9.17, 15) is 19.7 Å². The maximum absolute atomic E-state index is 10.6. The van der Waals surface area contributed by atoms with Crippen molar-refractivity contribution in [2.45, 2.75) is 19.4 Å². The largest absolute Gasteiger partial charge is 0.481 e. The Labute approximate surface area is 137 Å². The molecule has 0 saturated carbocycles. The number of carboxylic acids is 2. The molecule has 1 aliphatic heterocycles. The van der Waals surface area contributed by atoms with Gasteiger partial charge in [0, 0.05) is 19.6 Å². The third-order valence-corrected chi connectivity index (χ3v) is 3.19. The fraction of sp³-hybridized carbons (Fsp3) is 0.615. The molecule has 2 heterocycles. The summed E-state index contributed by atoms with van der Waals surface area (Å²) in [6.45, 7) is 4.65. The Hall–Kier alpha value is -2.53. The third kappa shape index (κ3) is 7.65. The second-order valence-corrected chi connectivity index (χ2v) is 4.94. The van der Waals surface area contributed by atoms with Gasteiger partial charge in [-0.2, -0.15) is 0 Å². The van der Waals surface area contributed by atoms with Gasteiger partial charge in [-0.1, -0.05) is 0 Å². The Balaban J connectivity index is 0.000000307. The van der Waals surface area contributed by atoms with E-state index in [-0.39, 0.29) is 18.7 Å². The van der Waals surface area contributed by atoms with Crippen LogP contribution in [0.1, 0.15) is 12.8 Å². The van der Waals surface area contributed by atoms with Crippen molar-refractivity contribution in [3.8, 4) is 0 Å². The monoisotopic (exact) mass is 344 g/mol. The van der Waals surface area contributed by atoms with Gasteiger partial charge in [0.25, 0.3) is 0 Å². The fourth-order valence-corrected chi connectivity index (χ4v) is 1.93. The molecular weight excluding hydrogens is 324 g/mol. The van der Waals surface area contributed by atoms with Crippen molar-refractivity contribution < 1.29 is 29.5 Å². The average molecular weight is 344 g/mol. The van der Waals surface area contributed by atoms with E-state index in [1.165, 1.54) is 12.5 Å². The maximum Gasteiger partial charge on any atom is 0.342 e. The normalized spacial score (nSPS) is 14.5. The summed E-state index contributed by atoms with van der Waals surface area (Å²) in [5.74, 6) is -2.10. The number of ether oxygens (including phenoxy) is 1. The molecule has 1 aromatic heterocycles. The van der Waals surface area contributed by atoms with Gasteiger partial charge in [0.2, 0.25) is 0 Å². The maximum atomic E-state index is 10.6. The summed E-state index contributed by atoms with van der Waals surface area (Å²) in [5.41, 5.74) is 0. The number of carboxylic acid groups (broad SMARTS) is 2. The van der Waals surface area contributed by atoms with Crippen LogP contribution in [0, 0.1) is 10.1 Å². The molecule has 2 rings (SSSR count). The van der Waals surface area contributed by atoms with Gasteiger partial charge >= 0.3 is 17.8 Å². The van der Waals surface area contributed by atoms with Crippen molar-refractivity contribution in [2.75, 3.05) is 32.8 Å². The van der Waals surface area contributed by atoms with E-state index in [1.54, 1.807) is 4.57 Å². The van der Waals surface area contributed by atoms with E-state index in [2.05, 4.69) is 9.88 Å². The van der Waals surface area contributed by atoms with E-state index >= 15 is 0 Å². The first kappa shape index (κ1) is 19.5. The molecule has 0 radical (unpaired) electrons. The predicted molar refractivity (Wildman–Crippen MR) is 80.6 cm³/mol.